The van der Waals surface area contributed by atoms with Gasteiger partial charge in [0, 0.05) is 44.6 Å². The van der Waals surface area contributed by atoms with Crippen LogP contribution in [0.3, 0.4) is 0 Å². The van der Waals surface area contributed by atoms with Crippen molar-refractivity contribution in [3.05, 3.63) is 47.8 Å². The monoisotopic (exact) mass is 341 g/mol. The molecule has 9 heteroatoms. The van der Waals surface area contributed by atoms with Gasteiger partial charge in [-0.15, -0.1) is 10.2 Å². The smallest absolute Gasteiger partial charge is 0.254 e. The van der Waals surface area contributed by atoms with E-state index in [-0.39, 0.29) is 5.91 Å². The lowest BCUT2D eigenvalue weighted by molar-refractivity contribution is 0.0681. The second-order valence-electron chi connectivity index (χ2n) is 5.52. The van der Waals surface area contributed by atoms with Crippen LogP contribution in [0.5, 0.6) is 0 Å². The van der Waals surface area contributed by atoms with Crippen molar-refractivity contribution >= 4 is 5.91 Å². The number of hydrogen-bond acceptors (Lipinski definition) is 6. The quantitative estimate of drug-likeness (QED) is 0.685. The summed E-state index contributed by atoms with van der Waals surface area (Å²) < 4.78 is 6.86. The van der Waals surface area contributed by atoms with Crippen molar-refractivity contribution in [3.63, 3.8) is 0 Å². The lowest BCUT2D eigenvalue weighted by Gasteiger charge is -2.22. The maximum Gasteiger partial charge on any atom is 0.254 e. The first-order chi connectivity index (χ1) is 12.2. The van der Waals surface area contributed by atoms with Crippen molar-refractivity contribution in [1.29, 1.82) is 0 Å². The van der Waals surface area contributed by atoms with Gasteiger partial charge in [-0.05, 0) is 11.3 Å². The standard InChI is InChI=1S/C16H19N7O2/c1-22-10-12(9-17-22)11-23(7-8-25-2)16(24)14-6-4-3-5-13(14)15-18-20-21-19-15/h3-6,9-10H,7-8,11H2,1-2H3,(H,18,19,20,21). The Bertz CT molecular complexity index is 829. The predicted molar refractivity (Wildman–Crippen MR) is 89.4 cm³/mol. The highest BCUT2D eigenvalue weighted by atomic mass is 16.5. The SMILES string of the molecule is COCCN(Cc1cnn(C)c1)C(=O)c1ccccc1-c1nn[nH]n1. The third-order valence-corrected chi connectivity index (χ3v) is 3.73. The Morgan fingerprint density at radius 3 is 2.88 bits per heavy atom. The third-order valence-electron chi connectivity index (χ3n) is 3.73. The molecule has 0 aliphatic carbocycles. The average Bonchev–Trinajstić information content (AvgIpc) is 3.30. The highest BCUT2D eigenvalue weighted by Crippen LogP contribution is 2.21. The van der Waals surface area contributed by atoms with Gasteiger partial charge in [0.05, 0.1) is 18.4 Å². The van der Waals surface area contributed by atoms with Gasteiger partial charge in [0.25, 0.3) is 5.91 Å². The molecule has 0 radical (unpaired) electrons. The number of tetrazole rings is 1. The molecule has 0 aliphatic rings. The van der Waals surface area contributed by atoms with Crippen LogP contribution in [0.4, 0.5) is 0 Å². The molecule has 1 amide bonds. The first-order valence-electron chi connectivity index (χ1n) is 7.77. The van der Waals surface area contributed by atoms with Crippen molar-refractivity contribution in [2.24, 2.45) is 7.05 Å². The lowest BCUT2D eigenvalue weighted by atomic mass is 10.1. The number of H-pyrrole nitrogens is 1. The summed E-state index contributed by atoms with van der Waals surface area (Å²) in [6.07, 6.45) is 3.64. The lowest BCUT2D eigenvalue weighted by Crippen LogP contribution is -2.33. The van der Waals surface area contributed by atoms with Gasteiger partial charge in [0.2, 0.25) is 5.82 Å². The number of amides is 1. The zero-order chi connectivity index (χ0) is 17.6. The summed E-state index contributed by atoms with van der Waals surface area (Å²) >= 11 is 0. The van der Waals surface area contributed by atoms with Gasteiger partial charge in [-0.1, -0.05) is 18.2 Å². The molecule has 3 aromatic rings. The van der Waals surface area contributed by atoms with Crippen LogP contribution in [0.25, 0.3) is 11.4 Å². The summed E-state index contributed by atoms with van der Waals surface area (Å²) in [7, 11) is 3.45. The van der Waals surface area contributed by atoms with E-state index < -0.39 is 0 Å². The molecule has 9 nitrogen and oxygen atoms in total. The maximum atomic E-state index is 13.1. The van der Waals surface area contributed by atoms with Gasteiger partial charge in [-0.3, -0.25) is 9.48 Å². The van der Waals surface area contributed by atoms with E-state index in [1.54, 1.807) is 35.0 Å². The molecule has 1 N–H and O–H groups in total. The van der Waals surface area contributed by atoms with Crippen molar-refractivity contribution in [2.45, 2.75) is 6.54 Å². The fourth-order valence-corrected chi connectivity index (χ4v) is 2.54. The Balaban J connectivity index is 1.89. The van der Waals surface area contributed by atoms with Crippen LogP contribution in [-0.2, 0) is 18.3 Å². The molecule has 0 atom stereocenters. The Labute approximate surface area is 144 Å². The van der Waals surface area contributed by atoms with E-state index in [0.29, 0.717) is 36.6 Å². The van der Waals surface area contributed by atoms with Crippen LogP contribution in [0, 0.1) is 0 Å². The fraction of sp³-hybridized carbons (Fsp3) is 0.312. The number of benzene rings is 1. The maximum absolute atomic E-state index is 13.1. The number of nitrogens with one attached hydrogen (secondary N) is 1. The second-order valence-corrected chi connectivity index (χ2v) is 5.52. The predicted octanol–water partition coefficient (Wildman–Crippen LogP) is 0.889. The van der Waals surface area contributed by atoms with Gasteiger partial charge in [0.1, 0.15) is 0 Å². The van der Waals surface area contributed by atoms with E-state index in [4.69, 9.17) is 4.74 Å². The van der Waals surface area contributed by atoms with Crippen molar-refractivity contribution in [3.8, 4) is 11.4 Å². The number of nitrogens with zero attached hydrogens (tertiary/aromatic N) is 6. The van der Waals surface area contributed by atoms with Crippen LogP contribution in [0.1, 0.15) is 15.9 Å². The number of ether oxygens (including phenoxy) is 1. The fourth-order valence-electron chi connectivity index (χ4n) is 2.54. The highest BCUT2D eigenvalue weighted by molar-refractivity contribution is 6.00. The van der Waals surface area contributed by atoms with Crippen molar-refractivity contribution in [2.75, 3.05) is 20.3 Å². The second kappa shape index (κ2) is 7.67. The summed E-state index contributed by atoms with van der Waals surface area (Å²) in [5, 5.41) is 18.1. The number of rotatable bonds is 7. The summed E-state index contributed by atoms with van der Waals surface area (Å²) in [6, 6.07) is 7.21. The van der Waals surface area contributed by atoms with E-state index in [9.17, 15) is 4.79 Å². The molecule has 0 unspecified atom stereocenters. The first kappa shape index (κ1) is 16.8. The summed E-state index contributed by atoms with van der Waals surface area (Å²) in [4.78, 5) is 14.9. The Hall–Kier alpha value is -3.07. The van der Waals surface area contributed by atoms with Gasteiger partial charge >= 0.3 is 0 Å². The molecule has 0 bridgehead atoms. The van der Waals surface area contributed by atoms with Crippen molar-refractivity contribution < 1.29 is 9.53 Å². The normalized spacial score (nSPS) is 10.8. The Morgan fingerprint density at radius 1 is 1.36 bits per heavy atom. The van der Waals surface area contributed by atoms with Crippen LogP contribution in [0.15, 0.2) is 36.7 Å². The first-order valence-corrected chi connectivity index (χ1v) is 7.77. The number of carbonyl (C=O) groups excluding carboxylic acids is 1. The van der Waals surface area contributed by atoms with E-state index in [0.717, 1.165) is 5.56 Å². The summed E-state index contributed by atoms with van der Waals surface area (Å²) in [5.41, 5.74) is 2.10. The molecule has 0 spiro atoms. The minimum Gasteiger partial charge on any atom is -0.383 e. The molecule has 3 rings (SSSR count). The highest BCUT2D eigenvalue weighted by Gasteiger charge is 2.21. The molecule has 2 heterocycles. The van der Waals surface area contributed by atoms with Crippen LogP contribution in [-0.4, -0.2) is 61.5 Å². The van der Waals surface area contributed by atoms with Crippen molar-refractivity contribution in [1.82, 2.24) is 35.3 Å². The average molecular weight is 341 g/mol. The third kappa shape index (κ3) is 3.89. The molecule has 0 saturated heterocycles. The molecule has 25 heavy (non-hydrogen) atoms. The topological polar surface area (TPSA) is 102 Å². The number of hydrogen-bond donors (Lipinski definition) is 1. The van der Waals surface area contributed by atoms with Gasteiger partial charge < -0.3 is 9.64 Å². The van der Waals surface area contributed by atoms with E-state index in [1.165, 1.54) is 0 Å². The molecular weight excluding hydrogens is 322 g/mol. The molecule has 2 aromatic heterocycles. The van der Waals surface area contributed by atoms with Crippen LogP contribution < -0.4 is 0 Å². The van der Waals surface area contributed by atoms with E-state index in [2.05, 4.69) is 25.7 Å². The largest absolute Gasteiger partial charge is 0.383 e. The Morgan fingerprint density at radius 2 is 2.20 bits per heavy atom. The van der Waals surface area contributed by atoms with Gasteiger partial charge in [0.15, 0.2) is 0 Å². The summed E-state index contributed by atoms with van der Waals surface area (Å²) in [5.74, 6) is 0.262. The zero-order valence-corrected chi connectivity index (χ0v) is 14.1. The Kier molecular flexibility index (Phi) is 5.14. The van der Waals surface area contributed by atoms with E-state index >= 15 is 0 Å². The number of methoxy groups -OCH3 is 1. The van der Waals surface area contributed by atoms with E-state index in [1.807, 2.05) is 25.4 Å². The molecule has 130 valence electrons. The van der Waals surface area contributed by atoms with Gasteiger partial charge in [-0.25, -0.2) is 0 Å². The molecule has 0 aliphatic heterocycles. The molecule has 0 fully saturated rings. The zero-order valence-electron chi connectivity index (χ0n) is 14.1. The minimum absolute atomic E-state index is 0.124. The summed E-state index contributed by atoms with van der Waals surface area (Å²) in [6.45, 7) is 1.35. The van der Waals surface area contributed by atoms with Crippen LogP contribution in [0.2, 0.25) is 0 Å². The minimum atomic E-state index is -0.124. The van der Waals surface area contributed by atoms with Crippen LogP contribution >= 0.6 is 0 Å². The molecule has 0 saturated carbocycles. The number of carbonyl (C=O) groups is 1. The molecule has 1 aromatic carbocycles. The number of aromatic nitrogens is 6. The number of aromatic amines is 1. The van der Waals surface area contributed by atoms with Gasteiger partial charge in [-0.2, -0.15) is 10.3 Å². The molecular formula is C16H19N7O2. The number of aryl methyl sites for hydroxylation is 1.